The first-order valence-electron chi connectivity index (χ1n) is 6.97. The number of aryl methyl sites for hydroxylation is 1. The van der Waals surface area contributed by atoms with Crippen LogP contribution < -0.4 is 10.6 Å². The Morgan fingerprint density at radius 2 is 1.95 bits per heavy atom. The van der Waals surface area contributed by atoms with Crippen molar-refractivity contribution in [2.24, 2.45) is 0 Å². The molecule has 1 aromatic rings. The first kappa shape index (κ1) is 15.7. The summed E-state index contributed by atoms with van der Waals surface area (Å²) in [5, 5.41) is 6.32. The molecule has 0 radical (unpaired) electrons. The Bertz CT molecular complexity index is 427. The van der Waals surface area contributed by atoms with Crippen LogP contribution in [-0.2, 0) is 10.2 Å². The van der Waals surface area contributed by atoms with Crippen molar-refractivity contribution >= 4 is 5.91 Å². The lowest BCUT2D eigenvalue weighted by Crippen LogP contribution is -2.45. The third-order valence-electron chi connectivity index (χ3n) is 3.51. The van der Waals surface area contributed by atoms with E-state index in [-0.39, 0.29) is 5.91 Å². The summed E-state index contributed by atoms with van der Waals surface area (Å²) in [5.74, 6) is 0.0755. The number of carbonyl (C=O) groups excluding carboxylic acids is 1. The summed E-state index contributed by atoms with van der Waals surface area (Å²) in [6.07, 6.45) is 0. The van der Waals surface area contributed by atoms with Crippen molar-refractivity contribution in [3.8, 4) is 0 Å². The van der Waals surface area contributed by atoms with Gasteiger partial charge in [0.15, 0.2) is 0 Å². The first-order valence-corrected chi connectivity index (χ1v) is 6.97. The van der Waals surface area contributed by atoms with Crippen molar-refractivity contribution in [1.29, 1.82) is 0 Å². The third kappa shape index (κ3) is 4.06. The van der Waals surface area contributed by atoms with Gasteiger partial charge < -0.3 is 10.6 Å². The fourth-order valence-electron chi connectivity index (χ4n) is 2.28. The average molecular weight is 262 g/mol. The van der Waals surface area contributed by atoms with Crippen molar-refractivity contribution in [2.75, 3.05) is 13.1 Å². The summed E-state index contributed by atoms with van der Waals surface area (Å²) in [5.41, 5.74) is 1.74. The number of amides is 1. The number of hydrogen-bond acceptors (Lipinski definition) is 2. The predicted octanol–water partition coefficient (Wildman–Crippen LogP) is 2.39. The summed E-state index contributed by atoms with van der Waals surface area (Å²) >= 11 is 0. The zero-order chi connectivity index (χ0) is 14.5. The van der Waals surface area contributed by atoms with Gasteiger partial charge in [-0.1, -0.05) is 31.2 Å². The summed E-state index contributed by atoms with van der Waals surface area (Å²) in [4.78, 5) is 12.4. The van der Waals surface area contributed by atoms with E-state index in [9.17, 15) is 4.79 Å². The van der Waals surface area contributed by atoms with Crippen LogP contribution in [0.1, 0.15) is 38.8 Å². The quantitative estimate of drug-likeness (QED) is 0.826. The topological polar surface area (TPSA) is 41.1 Å². The summed E-state index contributed by atoms with van der Waals surface area (Å²) in [7, 11) is 0. The van der Waals surface area contributed by atoms with Crippen LogP contribution in [0.15, 0.2) is 24.3 Å². The highest BCUT2D eigenvalue weighted by Gasteiger charge is 2.30. The minimum Gasteiger partial charge on any atom is -0.354 e. The van der Waals surface area contributed by atoms with Gasteiger partial charge in [0.25, 0.3) is 0 Å². The summed E-state index contributed by atoms with van der Waals surface area (Å²) < 4.78 is 0. The SMILES string of the molecule is CCN[C@H](C)CNC(=O)C(C)(C)c1ccccc1C. The van der Waals surface area contributed by atoms with Gasteiger partial charge in [-0.3, -0.25) is 4.79 Å². The number of benzene rings is 1. The molecule has 1 aromatic carbocycles. The van der Waals surface area contributed by atoms with Gasteiger partial charge in [0.2, 0.25) is 5.91 Å². The van der Waals surface area contributed by atoms with E-state index in [1.54, 1.807) is 0 Å². The van der Waals surface area contributed by atoms with E-state index in [2.05, 4.69) is 24.5 Å². The molecule has 1 rings (SSSR count). The second-order valence-electron chi connectivity index (χ2n) is 5.61. The van der Waals surface area contributed by atoms with E-state index in [4.69, 9.17) is 0 Å². The molecule has 0 bridgehead atoms. The normalized spacial score (nSPS) is 13.1. The van der Waals surface area contributed by atoms with Gasteiger partial charge in [-0.15, -0.1) is 0 Å². The van der Waals surface area contributed by atoms with Gasteiger partial charge in [-0.2, -0.15) is 0 Å². The maximum absolute atomic E-state index is 12.4. The average Bonchev–Trinajstić information content (AvgIpc) is 2.36. The zero-order valence-electron chi connectivity index (χ0n) is 12.7. The zero-order valence-corrected chi connectivity index (χ0v) is 12.7. The molecule has 1 atom stereocenters. The molecule has 0 saturated carbocycles. The van der Waals surface area contributed by atoms with Crippen molar-refractivity contribution in [3.63, 3.8) is 0 Å². The van der Waals surface area contributed by atoms with Gasteiger partial charge in [0.05, 0.1) is 5.41 Å². The number of carbonyl (C=O) groups is 1. The van der Waals surface area contributed by atoms with E-state index >= 15 is 0 Å². The number of rotatable bonds is 6. The Morgan fingerprint density at radius 3 is 2.53 bits per heavy atom. The van der Waals surface area contributed by atoms with Crippen LogP contribution in [0.5, 0.6) is 0 Å². The van der Waals surface area contributed by atoms with E-state index in [1.165, 1.54) is 0 Å². The van der Waals surface area contributed by atoms with Crippen molar-refractivity contribution in [1.82, 2.24) is 10.6 Å². The van der Waals surface area contributed by atoms with Crippen LogP contribution in [0.2, 0.25) is 0 Å². The van der Waals surface area contributed by atoms with E-state index < -0.39 is 5.41 Å². The minimum absolute atomic E-state index is 0.0755. The van der Waals surface area contributed by atoms with Gasteiger partial charge in [0, 0.05) is 12.6 Å². The van der Waals surface area contributed by atoms with Crippen LogP contribution in [-0.4, -0.2) is 25.0 Å². The molecule has 19 heavy (non-hydrogen) atoms. The summed E-state index contributed by atoms with van der Waals surface area (Å²) in [6, 6.07) is 8.36. The molecule has 0 fully saturated rings. The number of likely N-dealkylation sites (N-methyl/N-ethyl adjacent to an activating group) is 1. The standard InChI is InChI=1S/C16H26N2O/c1-6-17-13(3)11-18-15(19)16(4,5)14-10-8-7-9-12(14)2/h7-10,13,17H,6,11H2,1-5H3,(H,18,19)/t13-/m1/s1. The van der Waals surface area contributed by atoms with E-state index in [0.717, 1.165) is 17.7 Å². The van der Waals surface area contributed by atoms with Crippen LogP contribution in [0.3, 0.4) is 0 Å². The number of nitrogens with one attached hydrogen (secondary N) is 2. The molecule has 0 spiro atoms. The third-order valence-corrected chi connectivity index (χ3v) is 3.51. The monoisotopic (exact) mass is 262 g/mol. The van der Waals surface area contributed by atoms with Crippen molar-refractivity contribution in [2.45, 2.75) is 46.1 Å². The highest BCUT2D eigenvalue weighted by Crippen LogP contribution is 2.26. The predicted molar refractivity (Wildman–Crippen MR) is 80.4 cm³/mol. The fraction of sp³-hybridized carbons (Fsp3) is 0.562. The van der Waals surface area contributed by atoms with E-state index in [1.807, 2.05) is 45.0 Å². The smallest absolute Gasteiger partial charge is 0.230 e. The minimum atomic E-state index is -0.503. The number of hydrogen-bond donors (Lipinski definition) is 2. The Kier molecular flexibility index (Phi) is 5.55. The maximum atomic E-state index is 12.4. The molecule has 0 heterocycles. The van der Waals surface area contributed by atoms with Gasteiger partial charge >= 0.3 is 0 Å². The van der Waals surface area contributed by atoms with Crippen LogP contribution in [0.4, 0.5) is 0 Å². The van der Waals surface area contributed by atoms with Crippen molar-refractivity contribution < 1.29 is 4.79 Å². The molecule has 1 amide bonds. The molecule has 0 unspecified atom stereocenters. The molecule has 0 aliphatic carbocycles. The Balaban J connectivity index is 2.72. The Hall–Kier alpha value is -1.35. The molecule has 0 aliphatic heterocycles. The second kappa shape index (κ2) is 6.71. The summed E-state index contributed by atoms with van der Waals surface area (Å²) in [6.45, 7) is 11.7. The maximum Gasteiger partial charge on any atom is 0.230 e. The lowest BCUT2D eigenvalue weighted by Gasteiger charge is -2.27. The molecule has 0 aromatic heterocycles. The molecular formula is C16H26N2O. The van der Waals surface area contributed by atoms with E-state index in [0.29, 0.717) is 12.6 Å². The van der Waals surface area contributed by atoms with Crippen LogP contribution >= 0.6 is 0 Å². The molecule has 0 saturated heterocycles. The van der Waals surface area contributed by atoms with Crippen molar-refractivity contribution in [3.05, 3.63) is 35.4 Å². The fourth-order valence-corrected chi connectivity index (χ4v) is 2.28. The molecule has 3 nitrogen and oxygen atoms in total. The lowest BCUT2D eigenvalue weighted by atomic mass is 9.81. The van der Waals surface area contributed by atoms with Gasteiger partial charge in [0.1, 0.15) is 0 Å². The molecule has 2 N–H and O–H groups in total. The largest absolute Gasteiger partial charge is 0.354 e. The lowest BCUT2D eigenvalue weighted by molar-refractivity contribution is -0.125. The highest BCUT2D eigenvalue weighted by molar-refractivity contribution is 5.87. The first-order chi connectivity index (χ1) is 8.89. The molecule has 3 heteroatoms. The van der Waals surface area contributed by atoms with Crippen LogP contribution in [0.25, 0.3) is 0 Å². The Morgan fingerprint density at radius 1 is 1.32 bits per heavy atom. The van der Waals surface area contributed by atoms with Crippen LogP contribution in [0, 0.1) is 6.92 Å². The second-order valence-corrected chi connectivity index (χ2v) is 5.61. The Labute approximate surface area is 116 Å². The molecular weight excluding hydrogens is 236 g/mol. The highest BCUT2D eigenvalue weighted by atomic mass is 16.2. The molecule has 0 aliphatic rings. The van der Waals surface area contributed by atoms with Gasteiger partial charge in [-0.25, -0.2) is 0 Å². The van der Waals surface area contributed by atoms with Gasteiger partial charge in [-0.05, 0) is 45.4 Å². The molecule has 106 valence electrons.